The number of benzene rings is 2. The summed E-state index contributed by atoms with van der Waals surface area (Å²) in [6, 6.07) is 12.0. The van der Waals surface area contributed by atoms with Crippen LogP contribution in [-0.4, -0.2) is 24.1 Å². The molecule has 0 amide bonds. The van der Waals surface area contributed by atoms with Crippen LogP contribution in [0.15, 0.2) is 30.3 Å². The zero-order valence-corrected chi connectivity index (χ0v) is 13.8. The third kappa shape index (κ3) is 2.57. The van der Waals surface area contributed by atoms with Crippen LogP contribution >= 0.6 is 0 Å². The lowest BCUT2D eigenvalue weighted by Crippen LogP contribution is -2.10. The van der Waals surface area contributed by atoms with Crippen molar-refractivity contribution < 1.29 is 0 Å². The Bertz CT molecular complexity index is 985. The summed E-state index contributed by atoms with van der Waals surface area (Å²) < 4.78 is 0. The Morgan fingerprint density at radius 3 is 2.50 bits per heavy atom. The molecular weight excluding hydrogens is 300 g/mol. The molecule has 0 aliphatic rings. The van der Waals surface area contributed by atoms with Gasteiger partial charge in [-0.3, -0.25) is 0 Å². The summed E-state index contributed by atoms with van der Waals surface area (Å²) in [5, 5.41) is 10.2. The molecule has 120 valence electrons. The van der Waals surface area contributed by atoms with Gasteiger partial charge >= 0.3 is 0 Å². The van der Waals surface area contributed by atoms with E-state index in [0.29, 0.717) is 16.9 Å². The van der Waals surface area contributed by atoms with Gasteiger partial charge in [0, 0.05) is 19.5 Å². The van der Waals surface area contributed by atoms with Crippen molar-refractivity contribution >= 4 is 28.4 Å². The van der Waals surface area contributed by atoms with Gasteiger partial charge in [-0.1, -0.05) is 6.07 Å². The quantitative estimate of drug-likeness (QED) is 0.752. The number of fused-ring (bicyclic) bond motifs is 1. The molecule has 0 spiro atoms. The Labute approximate surface area is 140 Å². The predicted octanol–water partition coefficient (Wildman–Crippen LogP) is 2.71. The van der Waals surface area contributed by atoms with E-state index in [1.165, 1.54) is 0 Å². The minimum absolute atomic E-state index is 0.149. The molecule has 6 nitrogen and oxygen atoms in total. The van der Waals surface area contributed by atoms with Gasteiger partial charge in [0.05, 0.1) is 16.8 Å². The fraction of sp³-hybridized carbons (Fsp3) is 0.167. The minimum Gasteiger partial charge on any atom is -0.383 e. The summed E-state index contributed by atoms with van der Waals surface area (Å²) in [7, 11) is 3.83. The average Bonchev–Trinajstić information content (AvgIpc) is 2.54. The van der Waals surface area contributed by atoms with Crippen LogP contribution in [0.4, 0.5) is 17.5 Å². The molecule has 1 aromatic heterocycles. The first-order chi connectivity index (χ1) is 11.4. The summed E-state index contributed by atoms with van der Waals surface area (Å²) in [5.74, 6) is 0.517. The maximum Gasteiger partial charge on any atom is 0.222 e. The van der Waals surface area contributed by atoms with Gasteiger partial charge in [0.2, 0.25) is 5.95 Å². The van der Waals surface area contributed by atoms with Gasteiger partial charge in [-0.05, 0) is 47.9 Å². The van der Waals surface area contributed by atoms with Crippen LogP contribution in [0.5, 0.6) is 0 Å². The highest BCUT2D eigenvalue weighted by Gasteiger charge is 2.12. The highest BCUT2D eigenvalue weighted by Crippen LogP contribution is 2.32. The molecule has 2 aromatic carbocycles. The van der Waals surface area contributed by atoms with Gasteiger partial charge in [-0.15, -0.1) is 0 Å². The number of nitrogens with two attached hydrogens (primary N) is 2. The molecule has 0 atom stereocenters. The third-order valence-electron chi connectivity index (χ3n) is 4.00. The van der Waals surface area contributed by atoms with Crippen LogP contribution < -0.4 is 16.4 Å². The monoisotopic (exact) mass is 318 g/mol. The Morgan fingerprint density at radius 1 is 1.08 bits per heavy atom. The second-order valence-electron chi connectivity index (χ2n) is 5.89. The summed E-state index contributed by atoms with van der Waals surface area (Å²) in [6.45, 7) is 2.00. The van der Waals surface area contributed by atoms with Crippen LogP contribution in [0, 0.1) is 18.3 Å². The van der Waals surface area contributed by atoms with Crippen molar-refractivity contribution in [2.75, 3.05) is 30.5 Å². The van der Waals surface area contributed by atoms with Gasteiger partial charge in [-0.25, -0.2) is 4.98 Å². The molecule has 0 saturated carbocycles. The number of aromatic nitrogens is 2. The second kappa shape index (κ2) is 5.70. The van der Waals surface area contributed by atoms with Crippen LogP contribution in [0.25, 0.3) is 22.0 Å². The number of hydrogen-bond donors (Lipinski definition) is 2. The van der Waals surface area contributed by atoms with Crippen LogP contribution in [0.2, 0.25) is 0 Å². The minimum atomic E-state index is 0.149. The number of nitriles is 1. The van der Waals surface area contributed by atoms with E-state index in [9.17, 15) is 5.26 Å². The molecule has 0 bridgehead atoms. The standard InChI is InChI=1S/C18H18N6/c1-10-6-14-15(22-18(21)23-17(14)20)8-13(10)11-4-5-16(24(2)3)12(7-11)9-19/h4-8H,1-3H3,(H4,20,21,22,23). The topological polar surface area (TPSA) is 105 Å². The van der Waals surface area contributed by atoms with Crippen molar-refractivity contribution in [1.29, 1.82) is 5.26 Å². The molecule has 0 saturated heterocycles. The molecule has 0 unspecified atom stereocenters. The third-order valence-corrected chi connectivity index (χ3v) is 4.00. The molecule has 3 aromatic rings. The van der Waals surface area contributed by atoms with E-state index in [-0.39, 0.29) is 5.95 Å². The smallest absolute Gasteiger partial charge is 0.222 e. The van der Waals surface area contributed by atoms with Gasteiger partial charge < -0.3 is 16.4 Å². The molecule has 1 heterocycles. The summed E-state index contributed by atoms with van der Waals surface area (Å²) in [4.78, 5) is 10.2. The Balaban J connectivity index is 2.23. The first kappa shape index (κ1) is 15.6. The number of aryl methyl sites for hydroxylation is 1. The maximum atomic E-state index is 9.42. The molecular formula is C18H18N6. The molecule has 6 heteroatoms. The highest BCUT2D eigenvalue weighted by atomic mass is 15.1. The number of rotatable bonds is 2. The van der Waals surface area contributed by atoms with E-state index >= 15 is 0 Å². The van der Waals surface area contributed by atoms with Gasteiger partial charge in [0.15, 0.2) is 0 Å². The van der Waals surface area contributed by atoms with Crippen molar-refractivity contribution in [3.05, 3.63) is 41.5 Å². The average molecular weight is 318 g/mol. The van der Waals surface area contributed by atoms with E-state index in [4.69, 9.17) is 11.5 Å². The molecule has 0 aliphatic heterocycles. The lowest BCUT2D eigenvalue weighted by atomic mass is 9.96. The van der Waals surface area contributed by atoms with Crippen LogP contribution in [0.1, 0.15) is 11.1 Å². The van der Waals surface area contributed by atoms with Gasteiger partial charge in [0.25, 0.3) is 0 Å². The van der Waals surface area contributed by atoms with Crippen LogP contribution in [-0.2, 0) is 0 Å². The maximum absolute atomic E-state index is 9.42. The molecule has 0 radical (unpaired) electrons. The van der Waals surface area contributed by atoms with E-state index in [0.717, 1.165) is 27.8 Å². The van der Waals surface area contributed by atoms with E-state index in [2.05, 4.69) is 16.0 Å². The summed E-state index contributed by atoms with van der Waals surface area (Å²) in [5.41, 5.74) is 16.8. The largest absolute Gasteiger partial charge is 0.383 e. The molecule has 3 rings (SSSR count). The Kier molecular flexibility index (Phi) is 3.70. The number of nitrogen functional groups attached to an aromatic ring is 2. The Hall–Kier alpha value is -3.33. The predicted molar refractivity (Wildman–Crippen MR) is 97.6 cm³/mol. The van der Waals surface area contributed by atoms with E-state index in [1.807, 2.05) is 56.3 Å². The van der Waals surface area contributed by atoms with E-state index in [1.54, 1.807) is 0 Å². The SMILES string of the molecule is Cc1cc2c(N)nc(N)nc2cc1-c1ccc(N(C)C)c(C#N)c1. The highest BCUT2D eigenvalue weighted by molar-refractivity contribution is 5.93. The zero-order chi connectivity index (χ0) is 17.4. The lowest BCUT2D eigenvalue weighted by molar-refractivity contribution is 1.12. The van der Waals surface area contributed by atoms with Gasteiger partial charge in [0.1, 0.15) is 11.9 Å². The first-order valence-corrected chi connectivity index (χ1v) is 7.46. The fourth-order valence-electron chi connectivity index (χ4n) is 2.82. The fourth-order valence-corrected chi connectivity index (χ4v) is 2.82. The van der Waals surface area contributed by atoms with Crippen molar-refractivity contribution in [3.8, 4) is 17.2 Å². The molecule has 0 fully saturated rings. The first-order valence-electron chi connectivity index (χ1n) is 7.46. The summed E-state index contributed by atoms with van der Waals surface area (Å²) >= 11 is 0. The molecule has 0 aliphatic carbocycles. The normalized spacial score (nSPS) is 10.6. The zero-order valence-electron chi connectivity index (χ0n) is 13.8. The van der Waals surface area contributed by atoms with Gasteiger partial charge in [-0.2, -0.15) is 10.2 Å². The van der Waals surface area contributed by atoms with Crippen molar-refractivity contribution in [2.24, 2.45) is 0 Å². The number of hydrogen-bond acceptors (Lipinski definition) is 6. The van der Waals surface area contributed by atoms with E-state index < -0.39 is 0 Å². The number of anilines is 3. The van der Waals surface area contributed by atoms with Crippen LogP contribution in [0.3, 0.4) is 0 Å². The second-order valence-corrected chi connectivity index (χ2v) is 5.89. The molecule has 4 N–H and O–H groups in total. The van der Waals surface area contributed by atoms with Crippen molar-refractivity contribution in [2.45, 2.75) is 6.92 Å². The summed E-state index contributed by atoms with van der Waals surface area (Å²) in [6.07, 6.45) is 0. The molecule has 24 heavy (non-hydrogen) atoms. The Morgan fingerprint density at radius 2 is 1.83 bits per heavy atom. The lowest BCUT2D eigenvalue weighted by Gasteiger charge is -2.16. The van der Waals surface area contributed by atoms with Crippen molar-refractivity contribution in [1.82, 2.24) is 9.97 Å². The van der Waals surface area contributed by atoms with Crippen molar-refractivity contribution in [3.63, 3.8) is 0 Å². The number of nitrogens with zero attached hydrogens (tertiary/aromatic N) is 4.